The summed E-state index contributed by atoms with van der Waals surface area (Å²) in [5.41, 5.74) is 1.76. The largest absolute Gasteiger partial charge is 0.489 e. The van der Waals surface area contributed by atoms with E-state index >= 15 is 0 Å². The van der Waals surface area contributed by atoms with Gasteiger partial charge >= 0.3 is 6.03 Å². The van der Waals surface area contributed by atoms with Crippen molar-refractivity contribution in [2.45, 2.75) is 6.61 Å². The fourth-order valence-corrected chi connectivity index (χ4v) is 3.85. The van der Waals surface area contributed by atoms with Crippen molar-refractivity contribution in [3.05, 3.63) is 87.0 Å². The molecule has 0 saturated carbocycles. The first kappa shape index (κ1) is 22.0. The van der Waals surface area contributed by atoms with E-state index in [1.165, 1.54) is 12.1 Å². The van der Waals surface area contributed by atoms with Gasteiger partial charge in [-0.15, -0.1) is 0 Å². The molecule has 2 aliphatic heterocycles. The first-order chi connectivity index (χ1) is 16.5. The van der Waals surface area contributed by atoms with Crippen LogP contribution in [0.25, 0.3) is 6.08 Å². The van der Waals surface area contributed by atoms with Crippen LogP contribution in [-0.4, -0.2) is 24.6 Å². The van der Waals surface area contributed by atoms with Gasteiger partial charge in [0.15, 0.2) is 11.5 Å². The molecule has 0 radical (unpaired) electrons. The first-order valence-corrected chi connectivity index (χ1v) is 11.3. The number of fused-ring (bicyclic) bond motifs is 1. The number of urea groups is 1. The zero-order valence-corrected chi connectivity index (χ0v) is 19.8. The Bertz CT molecular complexity index is 1320. The van der Waals surface area contributed by atoms with Gasteiger partial charge in [0.25, 0.3) is 11.8 Å². The smallest absolute Gasteiger partial charge is 0.335 e. The Balaban J connectivity index is 1.33. The van der Waals surface area contributed by atoms with Crippen LogP contribution in [0.15, 0.2) is 72.3 Å². The zero-order valence-electron chi connectivity index (χ0n) is 17.6. The highest BCUT2D eigenvalue weighted by Gasteiger charge is 2.37. The predicted octanol–water partition coefficient (Wildman–Crippen LogP) is 4.27. The van der Waals surface area contributed by atoms with Gasteiger partial charge in [-0.25, -0.2) is 9.69 Å². The van der Waals surface area contributed by atoms with Crippen LogP contribution in [-0.2, 0) is 16.2 Å². The Kier molecular flexibility index (Phi) is 5.93. The summed E-state index contributed by atoms with van der Waals surface area (Å²) in [6.45, 7) is 0.484. The topological polar surface area (TPSA) is 94.2 Å². The molecule has 9 heteroatoms. The van der Waals surface area contributed by atoms with Gasteiger partial charge < -0.3 is 14.2 Å². The van der Waals surface area contributed by atoms with E-state index in [0.717, 1.165) is 14.0 Å². The third-order valence-corrected chi connectivity index (χ3v) is 5.95. The molecule has 0 bridgehead atoms. The third-order valence-electron chi connectivity index (χ3n) is 5.23. The molecule has 1 N–H and O–H groups in total. The van der Waals surface area contributed by atoms with Crippen LogP contribution in [0.5, 0.6) is 17.2 Å². The van der Waals surface area contributed by atoms with Crippen molar-refractivity contribution in [3.63, 3.8) is 0 Å². The molecular formula is C25H17IN2O6. The van der Waals surface area contributed by atoms with Gasteiger partial charge in [0, 0.05) is 9.64 Å². The van der Waals surface area contributed by atoms with E-state index in [9.17, 15) is 14.4 Å². The van der Waals surface area contributed by atoms with Crippen molar-refractivity contribution in [1.29, 1.82) is 0 Å². The van der Waals surface area contributed by atoms with Crippen LogP contribution in [0, 0.1) is 3.57 Å². The minimum absolute atomic E-state index is 0.0625. The molecule has 1 saturated heterocycles. The molecule has 0 spiro atoms. The number of halogens is 1. The van der Waals surface area contributed by atoms with Crippen LogP contribution in [0.4, 0.5) is 10.5 Å². The minimum Gasteiger partial charge on any atom is -0.489 e. The Morgan fingerprint density at radius 3 is 2.44 bits per heavy atom. The van der Waals surface area contributed by atoms with Crippen molar-refractivity contribution in [1.82, 2.24) is 5.32 Å². The number of nitrogens with one attached hydrogen (secondary N) is 1. The molecule has 34 heavy (non-hydrogen) atoms. The van der Waals surface area contributed by atoms with Gasteiger partial charge in [-0.05, 0) is 76.2 Å². The van der Waals surface area contributed by atoms with Crippen LogP contribution in [0.1, 0.15) is 11.1 Å². The maximum Gasteiger partial charge on any atom is 0.335 e. The molecule has 4 amide bonds. The molecule has 0 aliphatic carbocycles. The van der Waals surface area contributed by atoms with Crippen LogP contribution < -0.4 is 24.4 Å². The monoisotopic (exact) mass is 568 g/mol. The fraction of sp³-hybridized carbons (Fsp3) is 0.0800. The number of ether oxygens (including phenoxy) is 3. The third kappa shape index (κ3) is 4.46. The van der Waals surface area contributed by atoms with Gasteiger partial charge in [0.05, 0.1) is 5.69 Å². The highest BCUT2D eigenvalue weighted by molar-refractivity contribution is 14.1. The molecule has 0 atom stereocenters. The second kappa shape index (κ2) is 9.18. The van der Waals surface area contributed by atoms with Crippen molar-refractivity contribution in [2.75, 3.05) is 11.7 Å². The van der Waals surface area contributed by atoms with Crippen molar-refractivity contribution < 1.29 is 28.6 Å². The summed E-state index contributed by atoms with van der Waals surface area (Å²) in [5.74, 6) is 0.0982. The number of carbonyl (C=O) groups is 3. The molecule has 170 valence electrons. The van der Waals surface area contributed by atoms with Gasteiger partial charge in [0.2, 0.25) is 6.79 Å². The molecule has 2 heterocycles. The van der Waals surface area contributed by atoms with Gasteiger partial charge in [-0.1, -0.05) is 24.3 Å². The summed E-state index contributed by atoms with van der Waals surface area (Å²) in [7, 11) is 0. The van der Waals surface area contributed by atoms with E-state index in [-0.39, 0.29) is 18.1 Å². The summed E-state index contributed by atoms with van der Waals surface area (Å²) in [6.07, 6.45) is 1.44. The summed E-state index contributed by atoms with van der Waals surface area (Å²) >= 11 is 2.25. The van der Waals surface area contributed by atoms with Gasteiger partial charge in [-0.2, -0.15) is 0 Å². The Hall–Kier alpha value is -3.86. The Labute approximate surface area is 208 Å². The number of nitrogens with zero attached hydrogens (tertiary/aromatic N) is 1. The molecular weight excluding hydrogens is 551 g/mol. The molecule has 1 fully saturated rings. The number of amides is 4. The number of benzene rings is 3. The second-order valence-electron chi connectivity index (χ2n) is 7.48. The highest BCUT2D eigenvalue weighted by atomic mass is 127. The normalized spacial score (nSPS) is 16.1. The summed E-state index contributed by atoms with van der Waals surface area (Å²) < 4.78 is 17.5. The number of anilines is 1. The molecule has 0 aromatic heterocycles. The summed E-state index contributed by atoms with van der Waals surface area (Å²) in [5, 5.41) is 2.21. The molecule has 0 unspecified atom stereocenters. The van der Waals surface area contributed by atoms with Crippen LogP contribution in [0.2, 0.25) is 0 Å². The number of barbiturate groups is 1. The van der Waals surface area contributed by atoms with Crippen molar-refractivity contribution >= 4 is 52.2 Å². The second-order valence-corrected chi connectivity index (χ2v) is 8.73. The van der Waals surface area contributed by atoms with Crippen LogP contribution in [0.3, 0.4) is 0 Å². The number of hydrogen-bond acceptors (Lipinski definition) is 6. The first-order valence-electron chi connectivity index (χ1n) is 10.3. The lowest BCUT2D eigenvalue weighted by molar-refractivity contribution is -0.122. The molecule has 2 aliphatic rings. The molecule has 5 rings (SSSR count). The van der Waals surface area contributed by atoms with Crippen LogP contribution >= 0.6 is 22.6 Å². The van der Waals surface area contributed by atoms with E-state index in [0.29, 0.717) is 29.4 Å². The number of imide groups is 2. The highest BCUT2D eigenvalue weighted by Crippen LogP contribution is 2.36. The lowest BCUT2D eigenvalue weighted by atomic mass is 10.1. The van der Waals surface area contributed by atoms with E-state index in [1.54, 1.807) is 36.4 Å². The molecule has 3 aromatic carbocycles. The average molecular weight is 568 g/mol. The number of carbonyl (C=O) groups excluding carboxylic acids is 3. The molecule has 8 nitrogen and oxygen atoms in total. The predicted molar refractivity (Wildman–Crippen MR) is 131 cm³/mol. The summed E-state index contributed by atoms with van der Waals surface area (Å²) in [6, 6.07) is 18.9. The number of hydrogen-bond donors (Lipinski definition) is 1. The maximum atomic E-state index is 13.1. The fourth-order valence-electron chi connectivity index (χ4n) is 3.49. The van der Waals surface area contributed by atoms with E-state index in [2.05, 4.69) is 27.9 Å². The van der Waals surface area contributed by atoms with Crippen molar-refractivity contribution in [3.8, 4) is 17.2 Å². The van der Waals surface area contributed by atoms with Gasteiger partial charge in [0.1, 0.15) is 17.9 Å². The van der Waals surface area contributed by atoms with Gasteiger partial charge in [-0.3, -0.25) is 14.9 Å². The lowest BCUT2D eigenvalue weighted by Crippen LogP contribution is -2.54. The van der Waals surface area contributed by atoms with Crippen molar-refractivity contribution in [2.24, 2.45) is 0 Å². The quantitative estimate of drug-likeness (QED) is 0.281. The Morgan fingerprint density at radius 1 is 0.941 bits per heavy atom. The maximum absolute atomic E-state index is 13.1. The van der Waals surface area contributed by atoms with E-state index in [1.807, 2.05) is 24.3 Å². The minimum atomic E-state index is -0.828. The zero-order chi connectivity index (χ0) is 23.7. The summed E-state index contributed by atoms with van der Waals surface area (Å²) in [4.78, 5) is 38.8. The SMILES string of the molecule is O=C1NC(=O)N(c2ccc3c(c2)OCO3)C(=O)/C1=C/c1ccc(OCc2ccc(I)cc2)cc1. The lowest BCUT2D eigenvalue weighted by Gasteiger charge is -2.26. The average Bonchev–Trinajstić information content (AvgIpc) is 3.30. The number of rotatable bonds is 5. The van der Waals surface area contributed by atoms with E-state index < -0.39 is 17.8 Å². The Morgan fingerprint density at radius 2 is 1.68 bits per heavy atom. The molecule has 3 aromatic rings. The standard InChI is InChI=1S/C25H17IN2O6/c26-17-5-1-16(2-6-17)13-32-19-8-3-15(4-9-19)11-20-23(29)27-25(31)28(24(20)30)18-7-10-21-22(12-18)34-14-33-21/h1-12H,13-14H2,(H,27,29,31)/b20-11+. The van der Waals surface area contributed by atoms with E-state index in [4.69, 9.17) is 14.2 Å².